The van der Waals surface area contributed by atoms with Crippen LogP contribution in [-0.4, -0.2) is 36.6 Å². The Morgan fingerprint density at radius 3 is 2.38 bits per heavy atom. The molecule has 126 valence electrons. The van der Waals surface area contributed by atoms with Crippen molar-refractivity contribution in [2.24, 2.45) is 0 Å². The molecule has 0 aliphatic heterocycles. The van der Waals surface area contributed by atoms with Crippen LogP contribution < -0.4 is 5.32 Å². The Kier molecular flexibility index (Phi) is 6.54. The summed E-state index contributed by atoms with van der Waals surface area (Å²) in [5, 5.41) is 3.91. The zero-order valence-corrected chi connectivity index (χ0v) is 15.5. The summed E-state index contributed by atoms with van der Waals surface area (Å²) >= 11 is 13.3. The number of carbonyl (C=O) groups is 2. The van der Waals surface area contributed by atoms with Crippen LogP contribution in [0.4, 0.5) is 5.69 Å². The van der Waals surface area contributed by atoms with Gasteiger partial charge in [-0.25, -0.2) is 0 Å². The molecule has 0 saturated carbocycles. The molecule has 24 heavy (non-hydrogen) atoms. The van der Waals surface area contributed by atoms with Crippen molar-refractivity contribution < 1.29 is 9.59 Å². The molecule has 2 aromatic rings. The van der Waals surface area contributed by atoms with Crippen molar-refractivity contribution in [1.82, 2.24) is 4.90 Å². The summed E-state index contributed by atoms with van der Waals surface area (Å²) in [5.41, 5.74) is 1.20. The van der Waals surface area contributed by atoms with Crippen molar-refractivity contribution in [3.8, 4) is 0 Å². The third kappa shape index (κ3) is 5.16. The number of halogens is 2. The van der Waals surface area contributed by atoms with Gasteiger partial charge in [0.15, 0.2) is 0 Å². The predicted molar refractivity (Wildman–Crippen MR) is 100 cm³/mol. The van der Waals surface area contributed by atoms with E-state index in [0.717, 1.165) is 4.90 Å². The van der Waals surface area contributed by atoms with Crippen LogP contribution in [-0.2, 0) is 4.79 Å². The number of benzene rings is 2. The van der Waals surface area contributed by atoms with Gasteiger partial charge in [0.25, 0.3) is 5.91 Å². The maximum Gasteiger partial charge on any atom is 0.253 e. The van der Waals surface area contributed by atoms with Gasteiger partial charge in [0.1, 0.15) is 0 Å². The van der Waals surface area contributed by atoms with Gasteiger partial charge in [-0.2, -0.15) is 0 Å². The number of hydrogen-bond acceptors (Lipinski definition) is 3. The Morgan fingerprint density at radius 1 is 1.08 bits per heavy atom. The lowest BCUT2D eigenvalue weighted by Gasteiger charge is -2.11. The summed E-state index contributed by atoms with van der Waals surface area (Å²) in [7, 11) is 3.38. The summed E-state index contributed by atoms with van der Waals surface area (Å²) < 4.78 is 0. The molecule has 0 bridgehead atoms. The van der Waals surface area contributed by atoms with Gasteiger partial charge in [0, 0.05) is 35.3 Å². The van der Waals surface area contributed by atoms with E-state index in [1.165, 1.54) is 16.7 Å². The second kappa shape index (κ2) is 8.42. The van der Waals surface area contributed by atoms with E-state index >= 15 is 0 Å². The summed E-state index contributed by atoms with van der Waals surface area (Å²) in [4.78, 5) is 26.1. The fourth-order valence-corrected chi connectivity index (χ4v) is 3.18. The normalized spacial score (nSPS) is 10.3. The topological polar surface area (TPSA) is 49.4 Å². The molecule has 2 amide bonds. The van der Waals surface area contributed by atoms with E-state index in [2.05, 4.69) is 5.32 Å². The van der Waals surface area contributed by atoms with Gasteiger partial charge in [0.2, 0.25) is 5.91 Å². The van der Waals surface area contributed by atoms with Crippen molar-refractivity contribution in [1.29, 1.82) is 0 Å². The van der Waals surface area contributed by atoms with Crippen LogP contribution in [0.2, 0.25) is 10.0 Å². The van der Waals surface area contributed by atoms with Crippen molar-refractivity contribution >= 4 is 52.5 Å². The fraction of sp³-hybridized carbons (Fsp3) is 0.176. The van der Waals surface area contributed by atoms with Crippen LogP contribution in [0.15, 0.2) is 47.4 Å². The van der Waals surface area contributed by atoms with Crippen molar-refractivity contribution in [2.75, 3.05) is 25.2 Å². The minimum Gasteiger partial charge on any atom is -0.345 e. The number of nitrogens with zero attached hydrogens (tertiary/aromatic N) is 1. The molecular formula is C17H16Cl2N2O2S. The van der Waals surface area contributed by atoms with Gasteiger partial charge < -0.3 is 10.2 Å². The highest BCUT2D eigenvalue weighted by molar-refractivity contribution is 8.00. The predicted octanol–water partition coefficient (Wildman–Crippen LogP) is 4.43. The van der Waals surface area contributed by atoms with Gasteiger partial charge in [-0.3, -0.25) is 9.59 Å². The largest absolute Gasteiger partial charge is 0.345 e. The molecule has 0 heterocycles. The van der Waals surface area contributed by atoms with Crippen LogP contribution in [0, 0.1) is 0 Å². The van der Waals surface area contributed by atoms with Crippen molar-refractivity contribution in [2.45, 2.75) is 4.90 Å². The molecule has 0 radical (unpaired) electrons. The molecule has 0 atom stereocenters. The molecule has 0 aromatic heterocycles. The first kappa shape index (κ1) is 18.6. The van der Waals surface area contributed by atoms with E-state index in [-0.39, 0.29) is 17.6 Å². The lowest BCUT2D eigenvalue weighted by atomic mass is 10.2. The Morgan fingerprint density at radius 2 is 1.75 bits per heavy atom. The van der Waals surface area contributed by atoms with Gasteiger partial charge in [-0.15, -0.1) is 11.8 Å². The Bertz CT molecular complexity index is 749. The maximum atomic E-state index is 12.0. The maximum absolute atomic E-state index is 12.0. The minimum atomic E-state index is -0.164. The van der Waals surface area contributed by atoms with Crippen LogP contribution in [0.5, 0.6) is 0 Å². The molecule has 2 rings (SSSR count). The minimum absolute atomic E-state index is 0.0842. The molecule has 0 spiro atoms. The molecule has 2 aromatic carbocycles. The first-order valence-electron chi connectivity index (χ1n) is 7.06. The van der Waals surface area contributed by atoms with Gasteiger partial charge in [-0.1, -0.05) is 23.2 Å². The lowest BCUT2D eigenvalue weighted by Crippen LogP contribution is -2.21. The van der Waals surface area contributed by atoms with Crippen molar-refractivity contribution in [3.63, 3.8) is 0 Å². The Hall–Kier alpha value is -1.69. The van der Waals surface area contributed by atoms with Gasteiger partial charge >= 0.3 is 0 Å². The quantitative estimate of drug-likeness (QED) is 0.778. The van der Waals surface area contributed by atoms with E-state index in [4.69, 9.17) is 23.2 Å². The summed E-state index contributed by atoms with van der Waals surface area (Å²) in [5.74, 6) is -0.0416. The SMILES string of the molecule is CN(C)C(=O)c1ccc(NC(=O)CSc2cc(Cl)ccc2Cl)cc1. The molecule has 0 aliphatic rings. The highest BCUT2D eigenvalue weighted by Crippen LogP contribution is 2.29. The molecule has 7 heteroatoms. The average molecular weight is 383 g/mol. The molecule has 0 saturated heterocycles. The average Bonchev–Trinajstić information content (AvgIpc) is 2.55. The second-order valence-corrected chi connectivity index (χ2v) is 7.05. The van der Waals surface area contributed by atoms with E-state index in [1.807, 2.05) is 0 Å². The molecular weight excluding hydrogens is 367 g/mol. The molecule has 0 unspecified atom stereocenters. The zero-order chi connectivity index (χ0) is 17.7. The van der Waals surface area contributed by atoms with Crippen LogP contribution in [0.3, 0.4) is 0 Å². The van der Waals surface area contributed by atoms with Crippen molar-refractivity contribution in [3.05, 3.63) is 58.1 Å². The van der Waals surface area contributed by atoms with E-state index in [9.17, 15) is 9.59 Å². The number of hydrogen-bond donors (Lipinski definition) is 1. The van der Waals surface area contributed by atoms with E-state index < -0.39 is 0 Å². The third-order valence-corrected chi connectivity index (χ3v) is 4.81. The van der Waals surface area contributed by atoms with E-state index in [0.29, 0.717) is 21.3 Å². The number of nitrogens with one attached hydrogen (secondary N) is 1. The standard InChI is InChI=1S/C17H16Cl2N2O2S/c1-21(2)17(23)11-3-6-13(7-4-11)20-16(22)10-24-15-9-12(18)5-8-14(15)19/h3-9H,10H2,1-2H3,(H,20,22). The number of anilines is 1. The van der Waals surface area contributed by atoms with Crippen LogP contribution in [0.1, 0.15) is 10.4 Å². The Balaban J connectivity index is 1.92. The molecule has 0 aliphatic carbocycles. The highest BCUT2D eigenvalue weighted by atomic mass is 35.5. The van der Waals surface area contributed by atoms with Crippen LogP contribution in [0.25, 0.3) is 0 Å². The Labute approximate surface area is 155 Å². The second-order valence-electron chi connectivity index (χ2n) is 5.19. The van der Waals surface area contributed by atoms with Crippen LogP contribution >= 0.6 is 35.0 Å². The summed E-state index contributed by atoms with van der Waals surface area (Å²) in [6.07, 6.45) is 0. The summed E-state index contributed by atoms with van der Waals surface area (Å²) in [6.45, 7) is 0. The first-order chi connectivity index (χ1) is 11.4. The van der Waals surface area contributed by atoms with Gasteiger partial charge in [0.05, 0.1) is 10.8 Å². The molecule has 1 N–H and O–H groups in total. The fourth-order valence-electron chi connectivity index (χ4n) is 1.88. The lowest BCUT2D eigenvalue weighted by molar-refractivity contribution is -0.113. The summed E-state index contributed by atoms with van der Waals surface area (Å²) in [6, 6.07) is 11.9. The number of thioether (sulfide) groups is 1. The molecule has 4 nitrogen and oxygen atoms in total. The third-order valence-electron chi connectivity index (χ3n) is 3.07. The monoisotopic (exact) mass is 382 g/mol. The van der Waals surface area contributed by atoms with Gasteiger partial charge in [-0.05, 0) is 42.5 Å². The zero-order valence-electron chi connectivity index (χ0n) is 13.2. The highest BCUT2D eigenvalue weighted by Gasteiger charge is 2.09. The first-order valence-corrected chi connectivity index (χ1v) is 8.80. The number of rotatable bonds is 5. The molecule has 0 fully saturated rings. The smallest absolute Gasteiger partial charge is 0.253 e. The number of carbonyl (C=O) groups excluding carboxylic acids is 2. The number of amides is 2. The van der Waals surface area contributed by atoms with E-state index in [1.54, 1.807) is 56.6 Å².